The summed E-state index contributed by atoms with van der Waals surface area (Å²) < 4.78 is 2.20. The van der Waals surface area contributed by atoms with Crippen molar-refractivity contribution in [1.29, 1.82) is 5.26 Å². The quantitative estimate of drug-likeness (QED) is 0.694. The van der Waals surface area contributed by atoms with Gasteiger partial charge in [-0.15, -0.1) is 11.3 Å². The zero-order chi connectivity index (χ0) is 12.4. The molecule has 4 heteroatoms. The van der Waals surface area contributed by atoms with E-state index in [4.69, 9.17) is 5.26 Å². The Labute approximate surface area is 113 Å². The zero-order valence-corrected chi connectivity index (χ0v) is 11.0. The minimum atomic E-state index is 0.682. The molecule has 3 aromatic rings. The Balaban J connectivity index is 1.94. The van der Waals surface area contributed by atoms with E-state index in [2.05, 4.69) is 17.1 Å². The Morgan fingerprint density at radius 1 is 1.11 bits per heavy atom. The van der Waals surface area contributed by atoms with Crippen LogP contribution in [-0.2, 0) is 0 Å². The summed E-state index contributed by atoms with van der Waals surface area (Å²) in [5.41, 5.74) is 1.71. The van der Waals surface area contributed by atoms with Crippen molar-refractivity contribution < 1.29 is 0 Å². The minimum absolute atomic E-state index is 0.682. The topological polar surface area (TPSA) is 36.7 Å². The third-order valence-electron chi connectivity index (χ3n) is 2.44. The van der Waals surface area contributed by atoms with E-state index in [-0.39, 0.29) is 0 Å². The second kappa shape index (κ2) is 4.81. The number of hydrogen-bond acceptors (Lipinski definition) is 4. The number of nitriles is 1. The van der Waals surface area contributed by atoms with Crippen LogP contribution < -0.4 is 0 Å². The zero-order valence-electron chi connectivity index (χ0n) is 9.33. The SMILES string of the molecule is N#Cc1cccc(Sc2nc3ccccc3s2)c1. The van der Waals surface area contributed by atoms with Crippen LogP contribution in [0.2, 0.25) is 0 Å². The van der Waals surface area contributed by atoms with Crippen molar-refractivity contribution in [2.45, 2.75) is 9.24 Å². The van der Waals surface area contributed by atoms with Crippen LogP contribution in [0.25, 0.3) is 10.2 Å². The van der Waals surface area contributed by atoms with E-state index in [9.17, 15) is 0 Å². The fourth-order valence-corrected chi connectivity index (χ4v) is 3.72. The Morgan fingerprint density at radius 2 is 2.00 bits per heavy atom. The van der Waals surface area contributed by atoms with Gasteiger partial charge in [0.1, 0.15) is 0 Å². The maximum Gasteiger partial charge on any atom is 0.155 e. The van der Waals surface area contributed by atoms with Crippen molar-refractivity contribution in [2.75, 3.05) is 0 Å². The minimum Gasteiger partial charge on any atom is -0.229 e. The number of fused-ring (bicyclic) bond motifs is 1. The van der Waals surface area contributed by atoms with E-state index in [1.807, 2.05) is 42.5 Å². The Bertz CT molecular complexity index is 708. The first kappa shape index (κ1) is 11.3. The molecule has 0 N–H and O–H groups in total. The van der Waals surface area contributed by atoms with Gasteiger partial charge in [0.2, 0.25) is 0 Å². The molecule has 1 aromatic heterocycles. The van der Waals surface area contributed by atoms with Gasteiger partial charge in [-0.05, 0) is 30.3 Å². The summed E-state index contributed by atoms with van der Waals surface area (Å²) in [6.07, 6.45) is 0. The van der Waals surface area contributed by atoms with Crippen LogP contribution in [0.15, 0.2) is 57.8 Å². The lowest BCUT2D eigenvalue weighted by Crippen LogP contribution is -1.75. The highest BCUT2D eigenvalue weighted by molar-refractivity contribution is 8.01. The molecule has 2 nitrogen and oxygen atoms in total. The van der Waals surface area contributed by atoms with E-state index >= 15 is 0 Å². The highest BCUT2D eigenvalue weighted by Crippen LogP contribution is 2.34. The molecule has 0 radical (unpaired) electrons. The molecule has 0 saturated heterocycles. The van der Waals surface area contributed by atoms with Crippen molar-refractivity contribution in [1.82, 2.24) is 4.98 Å². The number of thiazole rings is 1. The number of rotatable bonds is 2. The summed E-state index contributed by atoms with van der Waals surface area (Å²) in [7, 11) is 0. The van der Waals surface area contributed by atoms with Crippen molar-refractivity contribution >= 4 is 33.3 Å². The Morgan fingerprint density at radius 3 is 2.83 bits per heavy atom. The van der Waals surface area contributed by atoms with Crippen LogP contribution in [0, 0.1) is 11.3 Å². The lowest BCUT2D eigenvalue weighted by molar-refractivity contribution is 1.29. The average molecular weight is 268 g/mol. The Hall–Kier alpha value is -1.83. The molecule has 0 aliphatic heterocycles. The third kappa shape index (κ3) is 2.23. The van der Waals surface area contributed by atoms with Gasteiger partial charge in [-0.25, -0.2) is 4.98 Å². The van der Waals surface area contributed by atoms with Gasteiger partial charge in [0.25, 0.3) is 0 Å². The first-order chi connectivity index (χ1) is 8.85. The molecule has 1 heterocycles. The molecule has 0 bridgehead atoms. The Kier molecular flexibility index (Phi) is 3.01. The first-order valence-electron chi connectivity index (χ1n) is 5.39. The molecule has 3 rings (SSSR count). The molecule has 0 aliphatic carbocycles. The third-order valence-corrected chi connectivity index (χ3v) is 4.53. The smallest absolute Gasteiger partial charge is 0.155 e. The molecular weight excluding hydrogens is 260 g/mol. The molecule has 86 valence electrons. The summed E-state index contributed by atoms with van der Waals surface area (Å²) in [6.45, 7) is 0. The van der Waals surface area contributed by atoms with Gasteiger partial charge in [-0.2, -0.15) is 5.26 Å². The highest BCUT2D eigenvalue weighted by atomic mass is 32.2. The molecule has 0 aliphatic rings. The van der Waals surface area contributed by atoms with E-state index in [0.29, 0.717) is 5.56 Å². The summed E-state index contributed by atoms with van der Waals surface area (Å²) >= 11 is 3.27. The largest absolute Gasteiger partial charge is 0.229 e. The van der Waals surface area contributed by atoms with Crippen molar-refractivity contribution in [3.05, 3.63) is 54.1 Å². The first-order valence-corrected chi connectivity index (χ1v) is 7.02. The molecule has 18 heavy (non-hydrogen) atoms. The lowest BCUT2D eigenvalue weighted by Gasteiger charge is -1.96. The number of hydrogen-bond donors (Lipinski definition) is 0. The van der Waals surface area contributed by atoms with Crippen LogP contribution in [0.3, 0.4) is 0 Å². The van der Waals surface area contributed by atoms with Crippen LogP contribution in [0.1, 0.15) is 5.56 Å². The van der Waals surface area contributed by atoms with E-state index in [0.717, 1.165) is 14.8 Å². The summed E-state index contributed by atoms with van der Waals surface area (Å²) in [4.78, 5) is 5.61. The molecule has 0 amide bonds. The highest BCUT2D eigenvalue weighted by Gasteiger charge is 2.05. The standard InChI is InChI=1S/C14H8N2S2/c15-9-10-4-3-5-11(8-10)17-14-16-12-6-1-2-7-13(12)18-14/h1-8H. The molecule has 2 aromatic carbocycles. The van der Waals surface area contributed by atoms with Gasteiger partial charge in [-0.1, -0.05) is 30.0 Å². The fourth-order valence-electron chi connectivity index (χ4n) is 1.62. The van der Waals surface area contributed by atoms with Crippen molar-refractivity contribution in [3.8, 4) is 6.07 Å². The normalized spacial score (nSPS) is 10.4. The van der Waals surface area contributed by atoms with E-state index < -0.39 is 0 Å². The summed E-state index contributed by atoms with van der Waals surface area (Å²) in [5.74, 6) is 0. The van der Waals surface area contributed by atoms with Gasteiger partial charge < -0.3 is 0 Å². The second-order valence-corrected chi connectivity index (χ2v) is 6.04. The van der Waals surface area contributed by atoms with E-state index in [1.165, 1.54) is 4.70 Å². The molecule has 0 saturated carbocycles. The summed E-state index contributed by atoms with van der Waals surface area (Å²) in [6, 6.07) is 17.8. The van der Waals surface area contributed by atoms with Gasteiger partial charge in [-0.3, -0.25) is 0 Å². The lowest BCUT2D eigenvalue weighted by atomic mass is 10.2. The monoisotopic (exact) mass is 268 g/mol. The molecule has 0 spiro atoms. The van der Waals surface area contributed by atoms with Crippen molar-refractivity contribution in [3.63, 3.8) is 0 Å². The predicted octanol–water partition coefficient (Wildman–Crippen LogP) is 4.32. The van der Waals surface area contributed by atoms with Crippen LogP contribution in [0.4, 0.5) is 0 Å². The number of nitrogens with zero attached hydrogens (tertiary/aromatic N) is 2. The molecule has 0 fully saturated rings. The van der Waals surface area contributed by atoms with Gasteiger partial charge in [0, 0.05) is 4.90 Å². The molecule has 0 atom stereocenters. The maximum atomic E-state index is 8.87. The van der Waals surface area contributed by atoms with Gasteiger partial charge in [0.05, 0.1) is 21.8 Å². The number of para-hydroxylation sites is 1. The van der Waals surface area contributed by atoms with Crippen molar-refractivity contribution in [2.24, 2.45) is 0 Å². The molecular formula is C14H8N2S2. The van der Waals surface area contributed by atoms with Crippen LogP contribution in [0.5, 0.6) is 0 Å². The maximum absolute atomic E-state index is 8.87. The van der Waals surface area contributed by atoms with Gasteiger partial charge >= 0.3 is 0 Å². The van der Waals surface area contributed by atoms with Crippen LogP contribution in [-0.4, -0.2) is 4.98 Å². The van der Waals surface area contributed by atoms with Gasteiger partial charge in [0.15, 0.2) is 4.34 Å². The fraction of sp³-hybridized carbons (Fsp3) is 0. The predicted molar refractivity (Wildman–Crippen MR) is 74.9 cm³/mol. The molecule has 0 unspecified atom stereocenters. The number of benzene rings is 2. The average Bonchev–Trinajstić information content (AvgIpc) is 2.81. The second-order valence-electron chi connectivity index (χ2n) is 3.69. The van der Waals surface area contributed by atoms with Crippen LogP contribution >= 0.6 is 23.1 Å². The van der Waals surface area contributed by atoms with E-state index in [1.54, 1.807) is 23.1 Å². The summed E-state index contributed by atoms with van der Waals surface area (Å²) in [5, 5.41) is 8.87. The number of aromatic nitrogens is 1.